The molecule has 1 saturated heterocycles. The van der Waals surface area contributed by atoms with Crippen molar-refractivity contribution in [3.63, 3.8) is 0 Å². The molecule has 2 aromatic carbocycles. The van der Waals surface area contributed by atoms with Gasteiger partial charge in [-0.05, 0) is 55.1 Å². The number of carbonyl (C=O) groups is 1. The molecule has 0 aliphatic carbocycles. The van der Waals surface area contributed by atoms with Gasteiger partial charge in [0.25, 0.3) is 0 Å². The molecule has 0 radical (unpaired) electrons. The van der Waals surface area contributed by atoms with Crippen molar-refractivity contribution in [2.24, 2.45) is 0 Å². The molecule has 2 atom stereocenters. The van der Waals surface area contributed by atoms with Crippen LogP contribution in [0.1, 0.15) is 24.3 Å². The van der Waals surface area contributed by atoms with Crippen molar-refractivity contribution >= 4 is 5.97 Å². The summed E-state index contributed by atoms with van der Waals surface area (Å²) in [6, 6.07) is 15.6. The van der Waals surface area contributed by atoms with E-state index in [0.717, 1.165) is 44.0 Å². The minimum atomic E-state index is -0.967. The second-order valence-corrected chi connectivity index (χ2v) is 7.35. The highest BCUT2D eigenvalue weighted by atomic mass is 16.6. The molecule has 6 nitrogen and oxygen atoms in total. The quantitative estimate of drug-likeness (QED) is 0.826. The van der Waals surface area contributed by atoms with Crippen LogP contribution < -0.4 is 14.2 Å². The Morgan fingerprint density at radius 3 is 2.89 bits per heavy atom. The first-order chi connectivity index (χ1) is 13.7. The third-order valence-corrected chi connectivity index (χ3v) is 5.23. The Hall–Kier alpha value is -2.73. The summed E-state index contributed by atoms with van der Waals surface area (Å²) in [5.74, 6) is 1.67. The van der Waals surface area contributed by atoms with Crippen LogP contribution in [-0.4, -0.2) is 54.9 Å². The van der Waals surface area contributed by atoms with Crippen molar-refractivity contribution < 1.29 is 24.1 Å². The number of piperidine rings is 1. The number of fused-ring (bicyclic) bond motifs is 1. The van der Waals surface area contributed by atoms with E-state index < -0.39 is 5.97 Å². The highest BCUT2D eigenvalue weighted by Gasteiger charge is 2.27. The van der Waals surface area contributed by atoms with E-state index in [2.05, 4.69) is 11.0 Å². The molecule has 28 heavy (non-hydrogen) atoms. The van der Waals surface area contributed by atoms with Gasteiger partial charge >= 0.3 is 5.97 Å². The van der Waals surface area contributed by atoms with Crippen LogP contribution in [0.4, 0.5) is 0 Å². The van der Waals surface area contributed by atoms with Crippen molar-refractivity contribution in [2.75, 3.05) is 32.8 Å². The van der Waals surface area contributed by atoms with Gasteiger partial charge in [-0.25, -0.2) is 4.79 Å². The SMILES string of the molecule is O=C(O)COc1cccc(C2CCCN(C[C@H]3COc4ccccc4O3)C2)c1. The summed E-state index contributed by atoms with van der Waals surface area (Å²) in [6.45, 7) is 3.08. The van der Waals surface area contributed by atoms with Crippen LogP contribution in [0, 0.1) is 0 Å². The zero-order valence-corrected chi connectivity index (χ0v) is 15.8. The third-order valence-electron chi connectivity index (χ3n) is 5.23. The average molecular weight is 383 g/mol. The summed E-state index contributed by atoms with van der Waals surface area (Å²) in [7, 11) is 0. The Balaban J connectivity index is 1.36. The zero-order valence-electron chi connectivity index (χ0n) is 15.8. The standard InChI is InChI=1S/C22H25NO5/c24-22(25)15-26-18-7-3-5-16(11-18)17-6-4-10-23(12-17)13-19-14-27-20-8-1-2-9-21(20)28-19/h1-3,5,7-9,11,17,19H,4,6,10,12-15H2,(H,24,25)/t17?,19-/m0/s1. The summed E-state index contributed by atoms with van der Waals surface area (Å²) in [6.07, 6.45) is 2.26. The van der Waals surface area contributed by atoms with Crippen LogP contribution in [-0.2, 0) is 4.79 Å². The normalized spacial score (nSPS) is 21.9. The second kappa shape index (κ2) is 8.52. The largest absolute Gasteiger partial charge is 0.486 e. The molecule has 0 saturated carbocycles. The molecule has 1 N–H and O–H groups in total. The number of hydrogen-bond donors (Lipinski definition) is 1. The summed E-state index contributed by atoms with van der Waals surface area (Å²) < 4.78 is 17.3. The molecule has 2 heterocycles. The fourth-order valence-corrected chi connectivity index (χ4v) is 3.94. The van der Waals surface area contributed by atoms with Gasteiger partial charge in [-0.3, -0.25) is 4.90 Å². The number of rotatable bonds is 6. The Kier molecular flexibility index (Phi) is 5.67. The van der Waals surface area contributed by atoms with Gasteiger partial charge in [-0.15, -0.1) is 0 Å². The van der Waals surface area contributed by atoms with Gasteiger partial charge in [-0.1, -0.05) is 24.3 Å². The lowest BCUT2D eigenvalue weighted by Gasteiger charge is -2.36. The van der Waals surface area contributed by atoms with Gasteiger partial charge in [0, 0.05) is 13.1 Å². The number of hydrogen-bond acceptors (Lipinski definition) is 5. The van der Waals surface area contributed by atoms with Crippen LogP contribution in [0.25, 0.3) is 0 Å². The van der Waals surface area contributed by atoms with E-state index in [1.165, 1.54) is 5.56 Å². The highest BCUT2D eigenvalue weighted by molar-refractivity contribution is 5.68. The van der Waals surface area contributed by atoms with Gasteiger partial charge < -0.3 is 19.3 Å². The molecular formula is C22H25NO5. The molecule has 4 rings (SSSR count). The topological polar surface area (TPSA) is 68.2 Å². The second-order valence-electron chi connectivity index (χ2n) is 7.35. The molecule has 1 unspecified atom stereocenters. The summed E-state index contributed by atoms with van der Waals surface area (Å²) >= 11 is 0. The van der Waals surface area contributed by atoms with Crippen LogP contribution >= 0.6 is 0 Å². The molecule has 0 aromatic heterocycles. The average Bonchev–Trinajstić information content (AvgIpc) is 2.73. The van der Waals surface area contributed by atoms with Gasteiger partial charge in [0.05, 0.1) is 0 Å². The number of benzene rings is 2. The minimum absolute atomic E-state index is 0.0267. The first-order valence-corrected chi connectivity index (χ1v) is 9.73. The van der Waals surface area contributed by atoms with Gasteiger partial charge in [0.1, 0.15) is 18.5 Å². The van der Waals surface area contributed by atoms with Crippen molar-refractivity contribution in [3.05, 3.63) is 54.1 Å². The van der Waals surface area contributed by atoms with E-state index in [9.17, 15) is 4.79 Å². The van der Waals surface area contributed by atoms with Crippen molar-refractivity contribution in [1.29, 1.82) is 0 Å². The molecule has 1 fully saturated rings. The van der Waals surface area contributed by atoms with E-state index in [1.54, 1.807) is 6.07 Å². The van der Waals surface area contributed by atoms with Crippen LogP contribution in [0.3, 0.4) is 0 Å². The lowest BCUT2D eigenvalue weighted by Crippen LogP contribution is -2.44. The molecular weight excluding hydrogens is 358 g/mol. The molecule has 0 spiro atoms. The van der Waals surface area contributed by atoms with E-state index in [4.69, 9.17) is 19.3 Å². The van der Waals surface area contributed by atoms with Crippen LogP contribution in [0.2, 0.25) is 0 Å². The zero-order chi connectivity index (χ0) is 19.3. The monoisotopic (exact) mass is 383 g/mol. The van der Waals surface area contributed by atoms with Gasteiger partial charge in [-0.2, -0.15) is 0 Å². The fraction of sp³-hybridized carbons (Fsp3) is 0.409. The Morgan fingerprint density at radius 1 is 1.18 bits per heavy atom. The molecule has 148 valence electrons. The lowest BCUT2D eigenvalue weighted by atomic mass is 9.90. The maximum absolute atomic E-state index is 10.7. The molecule has 2 aromatic rings. The summed E-state index contributed by atoms with van der Waals surface area (Å²) in [4.78, 5) is 13.1. The molecule has 2 aliphatic rings. The van der Waals surface area contributed by atoms with Crippen molar-refractivity contribution in [1.82, 2.24) is 4.90 Å². The number of para-hydroxylation sites is 2. The van der Waals surface area contributed by atoms with Crippen LogP contribution in [0.15, 0.2) is 48.5 Å². The number of likely N-dealkylation sites (tertiary alicyclic amines) is 1. The number of nitrogens with zero attached hydrogens (tertiary/aromatic N) is 1. The van der Waals surface area contributed by atoms with Gasteiger partial charge in [0.15, 0.2) is 18.1 Å². The number of carboxylic acids is 1. The summed E-state index contributed by atoms with van der Waals surface area (Å²) in [5, 5.41) is 8.79. The maximum Gasteiger partial charge on any atom is 0.341 e. The Bertz CT molecular complexity index is 824. The Morgan fingerprint density at radius 2 is 2.04 bits per heavy atom. The Labute approximate surface area is 164 Å². The molecule has 2 aliphatic heterocycles. The van der Waals surface area contributed by atoms with E-state index in [1.807, 2.05) is 36.4 Å². The summed E-state index contributed by atoms with van der Waals surface area (Å²) in [5.41, 5.74) is 1.19. The molecule has 0 bridgehead atoms. The first-order valence-electron chi connectivity index (χ1n) is 9.73. The number of carboxylic acid groups (broad SMARTS) is 1. The van der Waals surface area contributed by atoms with Gasteiger partial charge in [0.2, 0.25) is 0 Å². The van der Waals surface area contributed by atoms with E-state index >= 15 is 0 Å². The van der Waals surface area contributed by atoms with Crippen LogP contribution in [0.5, 0.6) is 17.2 Å². The fourth-order valence-electron chi connectivity index (χ4n) is 3.94. The minimum Gasteiger partial charge on any atom is -0.486 e. The van der Waals surface area contributed by atoms with Crippen molar-refractivity contribution in [2.45, 2.75) is 24.9 Å². The number of aliphatic carboxylic acids is 1. The lowest BCUT2D eigenvalue weighted by molar-refractivity contribution is -0.139. The number of ether oxygens (including phenoxy) is 3. The first kappa shape index (κ1) is 18.6. The predicted molar refractivity (Wildman–Crippen MR) is 104 cm³/mol. The highest BCUT2D eigenvalue weighted by Crippen LogP contribution is 2.33. The third kappa shape index (κ3) is 4.57. The van der Waals surface area contributed by atoms with E-state index in [0.29, 0.717) is 18.3 Å². The molecule has 0 amide bonds. The smallest absolute Gasteiger partial charge is 0.341 e. The van der Waals surface area contributed by atoms with Crippen molar-refractivity contribution in [3.8, 4) is 17.2 Å². The predicted octanol–water partition coefficient (Wildman–Crippen LogP) is 3.17. The van der Waals surface area contributed by atoms with E-state index in [-0.39, 0.29) is 12.7 Å². The molecule has 6 heteroatoms. The maximum atomic E-state index is 10.7.